The molecule has 6 nitrogen and oxygen atoms in total. The average Bonchev–Trinajstić information content (AvgIpc) is 3.17. The molecule has 0 atom stereocenters. The molecule has 0 radical (unpaired) electrons. The summed E-state index contributed by atoms with van der Waals surface area (Å²) < 4.78 is 10.6. The Hall–Kier alpha value is -3.67. The molecule has 128 valence electrons. The van der Waals surface area contributed by atoms with Gasteiger partial charge in [-0.3, -0.25) is 0 Å². The van der Waals surface area contributed by atoms with Gasteiger partial charge in [-0.05, 0) is 23.8 Å². The van der Waals surface area contributed by atoms with Gasteiger partial charge in [-0.25, -0.2) is 14.8 Å². The minimum atomic E-state index is -0.579. The van der Waals surface area contributed by atoms with Crippen molar-refractivity contribution in [1.29, 1.82) is 0 Å². The standard InChI is InChI=1S/C20H15N3O3/c21-19-15-8-4-5-9-16(15)22-17(23-19)12-26-20(24)18-14(10-11-25-18)13-6-2-1-3-7-13/h1-11H,12H2,(H2,21,22,23). The van der Waals surface area contributed by atoms with Gasteiger partial charge in [-0.2, -0.15) is 0 Å². The van der Waals surface area contributed by atoms with Crippen molar-refractivity contribution >= 4 is 22.7 Å². The van der Waals surface area contributed by atoms with Crippen LogP contribution < -0.4 is 5.73 Å². The van der Waals surface area contributed by atoms with Gasteiger partial charge in [0.25, 0.3) is 0 Å². The van der Waals surface area contributed by atoms with E-state index in [2.05, 4.69) is 9.97 Å². The Kier molecular flexibility index (Phi) is 4.07. The van der Waals surface area contributed by atoms with Gasteiger partial charge in [-0.1, -0.05) is 42.5 Å². The third kappa shape index (κ3) is 3.00. The van der Waals surface area contributed by atoms with Crippen molar-refractivity contribution in [3.05, 3.63) is 78.5 Å². The lowest BCUT2D eigenvalue weighted by molar-refractivity contribution is 0.0427. The molecule has 0 aliphatic rings. The van der Waals surface area contributed by atoms with Crippen LogP contribution in [0, 0.1) is 0 Å². The fraction of sp³-hybridized carbons (Fsp3) is 0.0500. The first-order valence-corrected chi connectivity index (χ1v) is 8.03. The maximum absolute atomic E-state index is 12.4. The largest absolute Gasteiger partial charge is 0.457 e. The predicted molar refractivity (Wildman–Crippen MR) is 97.2 cm³/mol. The molecule has 4 aromatic rings. The van der Waals surface area contributed by atoms with E-state index in [0.29, 0.717) is 22.7 Å². The summed E-state index contributed by atoms with van der Waals surface area (Å²) in [7, 11) is 0. The van der Waals surface area contributed by atoms with Crippen LogP contribution in [0.4, 0.5) is 5.82 Å². The molecule has 0 bridgehead atoms. The van der Waals surface area contributed by atoms with Crippen molar-refractivity contribution in [2.75, 3.05) is 5.73 Å². The molecule has 0 spiro atoms. The number of carbonyl (C=O) groups excluding carboxylic acids is 1. The van der Waals surface area contributed by atoms with E-state index in [0.717, 1.165) is 10.9 Å². The highest BCUT2D eigenvalue weighted by atomic mass is 16.5. The number of anilines is 1. The monoisotopic (exact) mass is 345 g/mol. The van der Waals surface area contributed by atoms with Crippen LogP contribution in [-0.2, 0) is 11.3 Å². The van der Waals surface area contributed by atoms with Gasteiger partial charge in [0.2, 0.25) is 5.76 Å². The highest BCUT2D eigenvalue weighted by molar-refractivity contribution is 5.94. The highest BCUT2D eigenvalue weighted by Crippen LogP contribution is 2.25. The first kappa shape index (κ1) is 15.8. The fourth-order valence-corrected chi connectivity index (χ4v) is 2.72. The zero-order chi connectivity index (χ0) is 17.9. The molecule has 26 heavy (non-hydrogen) atoms. The van der Waals surface area contributed by atoms with Gasteiger partial charge in [0, 0.05) is 10.9 Å². The minimum absolute atomic E-state index is 0.0944. The van der Waals surface area contributed by atoms with E-state index in [4.69, 9.17) is 14.9 Å². The molecule has 2 aromatic heterocycles. The molecule has 2 aromatic carbocycles. The summed E-state index contributed by atoms with van der Waals surface area (Å²) in [6.07, 6.45) is 1.46. The van der Waals surface area contributed by atoms with E-state index in [1.54, 1.807) is 6.07 Å². The van der Waals surface area contributed by atoms with Crippen molar-refractivity contribution in [3.8, 4) is 11.1 Å². The number of rotatable bonds is 4. The summed E-state index contributed by atoms with van der Waals surface area (Å²) in [6, 6.07) is 18.6. The van der Waals surface area contributed by atoms with Crippen molar-refractivity contribution in [2.24, 2.45) is 0 Å². The number of esters is 1. The minimum Gasteiger partial charge on any atom is -0.457 e. The molecule has 0 aliphatic carbocycles. The SMILES string of the molecule is Nc1nc(COC(=O)c2occc2-c2ccccc2)nc2ccccc12. The number of hydrogen-bond donors (Lipinski definition) is 1. The third-order valence-corrected chi connectivity index (χ3v) is 3.95. The Morgan fingerprint density at radius 1 is 1.00 bits per heavy atom. The number of fused-ring (bicyclic) bond motifs is 1. The number of nitrogens with two attached hydrogens (primary N) is 1. The van der Waals surface area contributed by atoms with E-state index < -0.39 is 5.97 Å². The number of aromatic nitrogens is 2. The lowest BCUT2D eigenvalue weighted by Crippen LogP contribution is -2.09. The van der Waals surface area contributed by atoms with Crippen LogP contribution in [-0.4, -0.2) is 15.9 Å². The first-order chi connectivity index (χ1) is 12.7. The fourth-order valence-electron chi connectivity index (χ4n) is 2.72. The molecule has 2 heterocycles. The molecule has 0 fully saturated rings. The summed E-state index contributed by atoms with van der Waals surface area (Å²) in [5.41, 5.74) is 8.20. The second-order valence-corrected chi connectivity index (χ2v) is 5.65. The van der Waals surface area contributed by atoms with Crippen molar-refractivity contribution in [1.82, 2.24) is 9.97 Å². The third-order valence-electron chi connectivity index (χ3n) is 3.95. The number of benzene rings is 2. The summed E-state index contributed by atoms with van der Waals surface area (Å²) in [6.45, 7) is -0.0944. The summed E-state index contributed by atoms with van der Waals surface area (Å²) >= 11 is 0. The van der Waals surface area contributed by atoms with Gasteiger partial charge in [0.05, 0.1) is 11.8 Å². The summed E-state index contributed by atoms with van der Waals surface area (Å²) in [5.74, 6) is 0.251. The molecule has 0 aliphatic heterocycles. The number of para-hydroxylation sites is 1. The topological polar surface area (TPSA) is 91.2 Å². The smallest absolute Gasteiger partial charge is 0.375 e. The Bertz CT molecular complexity index is 1070. The van der Waals surface area contributed by atoms with E-state index >= 15 is 0 Å². The second-order valence-electron chi connectivity index (χ2n) is 5.65. The van der Waals surface area contributed by atoms with E-state index in [9.17, 15) is 4.79 Å². The summed E-state index contributed by atoms with van der Waals surface area (Å²) in [4.78, 5) is 21.0. The highest BCUT2D eigenvalue weighted by Gasteiger charge is 2.19. The van der Waals surface area contributed by atoms with Crippen LogP contribution in [0.1, 0.15) is 16.4 Å². The summed E-state index contributed by atoms with van der Waals surface area (Å²) in [5, 5.41) is 0.764. The molecule has 6 heteroatoms. The Morgan fingerprint density at radius 3 is 2.62 bits per heavy atom. The maximum atomic E-state index is 12.4. The van der Waals surface area contributed by atoms with Gasteiger partial charge in [0.15, 0.2) is 12.4 Å². The molecule has 4 rings (SSSR count). The van der Waals surface area contributed by atoms with Crippen LogP contribution >= 0.6 is 0 Å². The molecular weight excluding hydrogens is 330 g/mol. The number of nitrogens with zero attached hydrogens (tertiary/aromatic N) is 2. The van der Waals surface area contributed by atoms with Crippen molar-refractivity contribution < 1.29 is 13.9 Å². The molecule has 0 saturated heterocycles. The Labute approximate surface area is 149 Å². The zero-order valence-electron chi connectivity index (χ0n) is 13.8. The number of carbonyl (C=O) groups is 1. The van der Waals surface area contributed by atoms with E-state index in [1.807, 2.05) is 54.6 Å². The van der Waals surface area contributed by atoms with Gasteiger partial charge >= 0.3 is 5.97 Å². The zero-order valence-corrected chi connectivity index (χ0v) is 13.8. The number of furan rings is 1. The lowest BCUT2D eigenvalue weighted by atomic mass is 10.1. The molecular formula is C20H15N3O3. The quantitative estimate of drug-likeness (QED) is 0.565. The molecule has 0 unspecified atom stereocenters. The van der Waals surface area contributed by atoms with Crippen LogP contribution in [0.25, 0.3) is 22.0 Å². The number of nitrogen functional groups attached to an aromatic ring is 1. The molecule has 2 N–H and O–H groups in total. The van der Waals surface area contributed by atoms with Crippen molar-refractivity contribution in [3.63, 3.8) is 0 Å². The van der Waals surface area contributed by atoms with Crippen molar-refractivity contribution in [2.45, 2.75) is 6.61 Å². The number of hydrogen-bond acceptors (Lipinski definition) is 6. The maximum Gasteiger partial charge on any atom is 0.375 e. The second kappa shape index (κ2) is 6.68. The van der Waals surface area contributed by atoms with Gasteiger partial charge < -0.3 is 14.9 Å². The predicted octanol–water partition coefficient (Wildman–Crippen LogP) is 3.83. The number of ether oxygens (including phenoxy) is 1. The Balaban J connectivity index is 1.54. The van der Waals surface area contributed by atoms with Gasteiger partial charge in [0.1, 0.15) is 5.82 Å². The van der Waals surface area contributed by atoms with Crippen LogP contribution in [0.15, 0.2) is 71.3 Å². The van der Waals surface area contributed by atoms with Crippen LogP contribution in [0.5, 0.6) is 0 Å². The normalized spacial score (nSPS) is 10.8. The lowest BCUT2D eigenvalue weighted by Gasteiger charge is -2.07. The van der Waals surface area contributed by atoms with E-state index in [1.165, 1.54) is 6.26 Å². The molecule has 0 amide bonds. The Morgan fingerprint density at radius 2 is 1.77 bits per heavy atom. The van der Waals surface area contributed by atoms with Crippen LogP contribution in [0.2, 0.25) is 0 Å². The first-order valence-electron chi connectivity index (χ1n) is 8.03. The van der Waals surface area contributed by atoms with Gasteiger partial charge in [-0.15, -0.1) is 0 Å². The average molecular weight is 345 g/mol. The van der Waals surface area contributed by atoms with E-state index in [-0.39, 0.29) is 12.4 Å². The molecule has 0 saturated carbocycles. The van der Waals surface area contributed by atoms with Crippen LogP contribution in [0.3, 0.4) is 0 Å².